The smallest absolute Gasteiger partial charge is 0.194 e. The highest BCUT2D eigenvalue weighted by molar-refractivity contribution is 7.80. The third-order valence-corrected chi connectivity index (χ3v) is 1.38. The summed E-state index contributed by atoms with van der Waals surface area (Å²) in [4.78, 5) is 7.55. The first-order valence-corrected chi connectivity index (χ1v) is 3.08. The van der Waals surface area contributed by atoms with Gasteiger partial charge in [-0.05, 0) is 12.2 Å². The molecule has 0 amide bonds. The summed E-state index contributed by atoms with van der Waals surface area (Å²) in [6, 6.07) is 0. The number of thiocarbonyl (C=S) groups is 1. The second kappa shape index (κ2) is 3.22. The topological polar surface area (TPSA) is 35.0 Å². The highest BCUT2D eigenvalue weighted by Crippen LogP contribution is 1.96. The largest absolute Gasteiger partial charge is 0.486 e. The zero-order chi connectivity index (χ0) is 7.40. The van der Waals surface area contributed by atoms with Crippen LogP contribution in [0.2, 0.25) is 0 Å². The Morgan fingerprint density at radius 3 is 2.60 bits per heavy atom. The molecule has 0 bridgehead atoms. The minimum Gasteiger partial charge on any atom is -0.486 e. The summed E-state index contributed by atoms with van der Waals surface area (Å²) in [6.45, 7) is 0. The lowest BCUT2D eigenvalue weighted by Gasteiger charge is -1.97. The molecule has 10 heavy (non-hydrogen) atoms. The molecule has 0 atom stereocenters. The standard InChI is InChI=1S/C6H6N2OS/c1-9-6(10)5-2-7-4-8-3-5/h2-4H,1H3. The zero-order valence-electron chi connectivity index (χ0n) is 5.44. The van der Waals surface area contributed by atoms with Crippen molar-refractivity contribution in [1.29, 1.82) is 0 Å². The van der Waals surface area contributed by atoms with Crippen molar-refractivity contribution < 1.29 is 4.74 Å². The van der Waals surface area contributed by atoms with E-state index < -0.39 is 0 Å². The van der Waals surface area contributed by atoms with Gasteiger partial charge in [-0.2, -0.15) is 0 Å². The van der Waals surface area contributed by atoms with E-state index in [1.807, 2.05) is 0 Å². The monoisotopic (exact) mass is 154 g/mol. The Hall–Kier alpha value is -1.03. The van der Waals surface area contributed by atoms with Crippen LogP contribution in [0.3, 0.4) is 0 Å². The fourth-order valence-electron chi connectivity index (χ4n) is 0.522. The molecule has 0 radical (unpaired) electrons. The van der Waals surface area contributed by atoms with Crippen molar-refractivity contribution in [2.75, 3.05) is 7.11 Å². The van der Waals surface area contributed by atoms with E-state index in [1.165, 1.54) is 13.4 Å². The molecule has 0 spiro atoms. The first-order valence-electron chi connectivity index (χ1n) is 2.68. The first-order chi connectivity index (χ1) is 4.84. The maximum absolute atomic E-state index is 4.82. The molecule has 1 aromatic heterocycles. The molecule has 0 aliphatic rings. The van der Waals surface area contributed by atoms with E-state index >= 15 is 0 Å². The Morgan fingerprint density at radius 1 is 1.50 bits per heavy atom. The molecule has 0 saturated heterocycles. The third-order valence-electron chi connectivity index (χ3n) is 0.982. The van der Waals surface area contributed by atoms with Gasteiger partial charge < -0.3 is 4.74 Å². The number of nitrogens with zero attached hydrogens (tertiary/aromatic N) is 2. The molecule has 52 valence electrons. The second-order valence-corrected chi connectivity index (χ2v) is 1.99. The molecule has 1 rings (SSSR count). The van der Waals surface area contributed by atoms with Crippen LogP contribution in [-0.2, 0) is 4.74 Å². The van der Waals surface area contributed by atoms with E-state index in [2.05, 4.69) is 9.97 Å². The van der Waals surface area contributed by atoms with E-state index in [-0.39, 0.29) is 0 Å². The predicted molar refractivity (Wildman–Crippen MR) is 40.7 cm³/mol. The van der Waals surface area contributed by atoms with Crippen LogP contribution in [0.5, 0.6) is 0 Å². The van der Waals surface area contributed by atoms with Crippen LogP contribution in [0.15, 0.2) is 18.7 Å². The SMILES string of the molecule is COC(=S)c1cncnc1. The summed E-state index contributed by atoms with van der Waals surface area (Å²) in [7, 11) is 1.52. The van der Waals surface area contributed by atoms with E-state index in [1.54, 1.807) is 12.4 Å². The highest BCUT2D eigenvalue weighted by Gasteiger charge is 1.97. The molecule has 0 aliphatic carbocycles. The van der Waals surface area contributed by atoms with Crippen LogP contribution < -0.4 is 0 Å². The zero-order valence-corrected chi connectivity index (χ0v) is 6.26. The average Bonchev–Trinajstić information content (AvgIpc) is 2.05. The second-order valence-electron chi connectivity index (χ2n) is 1.62. The van der Waals surface area contributed by atoms with Gasteiger partial charge in [-0.1, -0.05) is 0 Å². The highest BCUT2D eigenvalue weighted by atomic mass is 32.1. The average molecular weight is 154 g/mol. The summed E-state index contributed by atoms with van der Waals surface area (Å²) in [5.41, 5.74) is 0.736. The lowest BCUT2D eigenvalue weighted by molar-refractivity contribution is 0.415. The Kier molecular flexibility index (Phi) is 2.28. The molecule has 3 nitrogen and oxygen atoms in total. The molecule has 0 saturated carbocycles. The van der Waals surface area contributed by atoms with E-state index in [4.69, 9.17) is 17.0 Å². The van der Waals surface area contributed by atoms with Crippen LogP contribution in [0.25, 0.3) is 0 Å². The van der Waals surface area contributed by atoms with Crippen molar-refractivity contribution in [1.82, 2.24) is 9.97 Å². The van der Waals surface area contributed by atoms with E-state index in [9.17, 15) is 0 Å². The van der Waals surface area contributed by atoms with Gasteiger partial charge in [0.1, 0.15) is 6.33 Å². The normalized spacial score (nSPS) is 8.90. The number of hydrogen-bond acceptors (Lipinski definition) is 4. The van der Waals surface area contributed by atoms with Gasteiger partial charge in [0.2, 0.25) is 0 Å². The maximum atomic E-state index is 4.82. The van der Waals surface area contributed by atoms with Crippen LogP contribution in [-0.4, -0.2) is 22.1 Å². The molecular weight excluding hydrogens is 148 g/mol. The van der Waals surface area contributed by atoms with Gasteiger partial charge in [-0.3, -0.25) is 0 Å². The van der Waals surface area contributed by atoms with Gasteiger partial charge >= 0.3 is 0 Å². The maximum Gasteiger partial charge on any atom is 0.194 e. The molecule has 4 heteroatoms. The molecule has 0 fully saturated rings. The number of ether oxygens (including phenoxy) is 1. The lowest BCUT2D eigenvalue weighted by Crippen LogP contribution is -1.99. The van der Waals surface area contributed by atoms with E-state index in [0.717, 1.165) is 5.56 Å². The van der Waals surface area contributed by atoms with Crippen molar-refractivity contribution in [2.45, 2.75) is 0 Å². The Balaban J connectivity index is 2.85. The Bertz CT molecular complexity index is 224. The van der Waals surface area contributed by atoms with E-state index in [0.29, 0.717) is 5.05 Å². The summed E-state index contributed by atoms with van der Waals surface area (Å²) in [5, 5.41) is 0.417. The Labute approximate surface area is 64.1 Å². The summed E-state index contributed by atoms with van der Waals surface area (Å²) in [5.74, 6) is 0. The fraction of sp³-hybridized carbons (Fsp3) is 0.167. The van der Waals surface area contributed by atoms with Crippen molar-refractivity contribution in [3.05, 3.63) is 24.3 Å². The summed E-state index contributed by atoms with van der Waals surface area (Å²) >= 11 is 4.82. The van der Waals surface area contributed by atoms with Crippen molar-refractivity contribution in [3.63, 3.8) is 0 Å². The number of hydrogen-bond donors (Lipinski definition) is 0. The first kappa shape index (κ1) is 7.08. The molecule has 1 heterocycles. The molecule has 0 aliphatic heterocycles. The molecule has 1 aromatic rings. The number of methoxy groups -OCH3 is 1. The van der Waals surface area contributed by atoms with Crippen molar-refractivity contribution in [2.24, 2.45) is 0 Å². The predicted octanol–water partition coefficient (Wildman–Crippen LogP) is 0.798. The molecule has 0 unspecified atom stereocenters. The van der Waals surface area contributed by atoms with Gasteiger partial charge in [0.25, 0.3) is 0 Å². The van der Waals surface area contributed by atoms with Crippen LogP contribution in [0, 0.1) is 0 Å². The molecular formula is C6H6N2OS. The quantitative estimate of drug-likeness (QED) is 0.560. The summed E-state index contributed by atoms with van der Waals surface area (Å²) < 4.78 is 4.79. The Morgan fingerprint density at radius 2 is 2.10 bits per heavy atom. The van der Waals surface area contributed by atoms with Crippen molar-refractivity contribution >= 4 is 17.3 Å². The van der Waals surface area contributed by atoms with Gasteiger partial charge in [-0.15, -0.1) is 0 Å². The third kappa shape index (κ3) is 1.48. The van der Waals surface area contributed by atoms with Gasteiger partial charge in [0, 0.05) is 12.4 Å². The van der Waals surface area contributed by atoms with Gasteiger partial charge in [-0.25, -0.2) is 9.97 Å². The summed E-state index contributed by atoms with van der Waals surface area (Å²) in [6.07, 6.45) is 4.67. The molecule has 0 N–H and O–H groups in total. The minimum absolute atomic E-state index is 0.417. The number of aromatic nitrogens is 2. The van der Waals surface area contributed by atoms with Crippen molar-refractivity contribution in [3.8, 4) is 0 Å². The minimum atomic E-state index is 0.417. The molecule has 0 aromatic carbocycles. The van der Waals surface area contributed by atoms with Crippen LogP contribution in [0.1, 0.15) is 5.56 Å². The van der Waals surface area contributed by atoms with Crippen LogP contribution >= 0.6 is 12.2 Å². The fourth-order valence-corrected chi connectivity index (χ4v) is 0.628. The van der Waals surface area contributed by atoms with Crippen LogP contribution in [0.4, 0.5) is 0 Å². The van der Waals surface area contributed by atoms with Gasteiger partial charge in [0.05, 0.1) is 12.7 Å². The van der Waals surface area contributed by atoms with Gasteiger partial charge in [0.15, 0.2) is 5.05 Å². The lowest BCUT2D eigenvalue weighted by atomic mass is 10.4. The number of rotatable bonds is 1.